The number of carbonyl (C=O) groups excluding carboxylic acids is 1. The van der Waals surface area contributed by atoms with Crippen LogP contribution in [-0.4, -0.2) is 21.4 Å². The van der Waals surface area contributed by atoms with Crippen molar-refractivity contribution in [1.82, 2.24) is 4.57 Å². The third-order valence-corrected chi connectivity index (χ3v) is 3.55. The zero-order valence-corrected chi connectivity index (χ0v) is 11.8. The largest absolute Gasteiger partial charge is 0.477 e. The lowest BCUT2D eigenvalue weighted by Crippen LogP contribution is -2.28. The number of carbonyl (C=O) groups is 2. The average Bonchev–Trinajstić information content (AvgIpc) is 2.81. The Morgan fingerprint density at radius 3 is 2.25 bits per heavy atom. The minimum atomic E-state index is -1.04. The van der Waals surface area contributed by atoms with Gasteiger partial charge >= 0.3 is 5.97 Å². The van der Waals surface area contributed by atoms with Gasteiger partial charge in [-0.2, -0.15) is 0 Å². The van der Waals surface area contributed by atoms with Gasteiger partial charge in [0, 0.05) is 18.8 Å². The predicted molar refractivity (Wildman–Crippen MR) is 76.2 cm³/mol. The standard InChI is InChI=1S/C16H17NO3/c1-16(2,12-7-5-4-6-8-12)14(18)11-9-13(15(19)20)17(3)10-11/h4-10H,1-3H3,(H,19,20). The van der Waals surface area contributed by atoms with Crippen molar-refractivity contribution in [3.63, 3.8) is 0 Å². The molecule has 0 spiro atoms. The van der Waals surface area contributed by atoms with Crippen molar-refractivity contribution in [3.05, 3.63) is 59.4 Å². The second-order valence-electron chi connectivity index (χ2n) is 5.35. The van der Waals surface area contributed by atoms with Crippen molar-refractivity contribution in [2.75, 3.05) is 0 Å². The van der Waals surface area contributed by atoms with E-state index in [0.29, 0.717) is 5.56 Å². The number of aryl methyl sites for hydroxylation is 1. The van der Waals surface area contributed by atoms with E-state index in [1.54, 1.807) is 13.2 Å². The molecule has 0 saturated carbocycles. The Morgan fingerprint density at radius 2 is 1.75 bits per heavy atom. The van der Waals surface area contributed by atoms with Crippen molar-refractivity contribution in [1.29, 1.82) is 0 Å². The number of ketones is 1. The van der Waals surface area contributed by atoms with Crippen LogP contribution < -0.4 is 0 Å². The van der Waals surface area contributed by atoms with Crippen LogP contribution in [0.15, 0.2) is 42.6 Å². The number of carboxylic acids is 1. The molecule has 20 heavy (non-hydrogen) atoms. The number of aromatic nitrogens is 1. The van der Waals surface area contributed by atoms with E-state index in [4.69, 9.17) is 5.11 Å². The fraction of sp³-hybridized carbons (Fsp3) is 0.250. The Balaban J connectivity index is 2.41. The molecule has 4 heteroatoms. The van der Waals surface area contributed by atoms with Crippen molar-refractivity contribution in [2.45, 2.75) is 19.3 Å². The van der Waals surface area contributed by atoms with Gasteiger partial charge in [0.15, 0.2) is 5.78 Å². The Hall–Kier alpha value is -2.36. The smallest absolute Gasteiger partial charge is 0.352 e. The van der Waals surface area contributed by atoms with Crippen molar-refractivity contribution in [3.8, 4) is 0 Å². The number of carboxylic acid groups (broad SMARTS) is 1. The molecule has 0 amide bonds. The molecule has 0 aliphatic carbocycles. The highest BCUT2D eigenvalue weighted by Gasteiger charge is 2.31. The van der Waals surface area contributed by atoms with Crippen LogP contribution in [0.5, 0.6) is 0 Å². The lowest BCUT2D eigenvalue weighted by molar-refractivity contribution is 0.0686. The first kappa shape index (κ1) is 14.1. The molecule has 1 N–H and O–H groups in total. The highest BCUT2D eigenvalue weighted by Crippen LogP contribution is 2.28. The molecule has 1 aromatic heterocycles. The molecule has 0 atom stereocenters. The van der Waals surface area contributed by atoms with E-state index >= 15 is 0 Å². The zero-order valence-electron chi connectivity index (χ0n) is 11.8. The zero-order chi connectivity index (χ0) is 14.9. The molecular weight excluding hydrogens is 254 g/mol. The third-order valence-electron chi connectivity index (χ3n) is 3.55. The first-order chi connectivity index (χ1) is 9.34. The van der Waals surface area contributed by atoms with Crippen molar-refractivity contribution >= 4 is 11.8 Å². The molecule has 2 rings (SSSR count). The van der Waals surface area contributed by atoms with Gasteiger partial charge in [-0.15, -0.1) is 0 Å². The Bertz CT molecular complexity index is 654. The van der Waals surface area contributed by atoms with E-state index in [1.807, 2.05) is 44.2 Å². The molecule has 4 nitrogen and oxygen atoms in total. The van der Waals surface area contributed by atoms with E-state index in [-0.39, 0.29) is 11.5 Å². The summed E-state index contributed by atoms with van der Waals surface area (Å²) in [6, 6.07) is 10.9. The molecule has 0 saturated heterocycles. The van der Waals surface area contributed by atoms with E-state index < -0.39 is 11.4 Å². The fourth-order valence-corrected chi connectivity index (χ4v) is 2.25. The SMILES string of the molecule is Cn1cc(C(=O)C(C)(C)c2ccccc2)cc1C(=O)O. The van der Waals surface area contributed by atoms with Gasteiger partial charge in [-0.1, -0.05) is 30.3 Å². The quantitative estimate of drug-likeness (QED) is 0.870. The second kappa shape index (κ2) is 4.96. The summed E-state index contributed by atoms with van der Waals surface area (Å²) in [6.45, 7) is 3.69. The molecule has 0 bridgehead atoms. The van der Waals surface area contributed by atoms with Gasteiger partial charge in [0.25, 0.3) is 0 Å². The van der Waals surface area contributed by atoms with Gasteiger partial charge in [0.1, 0.15) is 5.69 Å². The minimum absolute atomic E-state index is 0.0909. The van der Waals surface area contributed by atoms with Crippen LogP contribution in [0.2, 0.25) is 0 Å². The van der Waals surface area contributed by atoms with Gasteiger partial charge in [-0.05, 0) is 25.5 Å². The van der Waals surface area contributed by atoms with Crippen LogP contribution in [0.25, 0.3) is 0 Å². The highest BCUT2D eigenvalue weighted by atomic mass is 16.4. The number of nitrogens with zero attached hydrogens (tertiary/aromatic N) is 1. The Kier molecular flexibility index (Phi) is 3.49. The van der Waals surface area contributed by atoms with Gasteiger partial charge < -0.3 is 9.67 Å². The van der Waals surface area contributed by atoms with Crippen molar-refractivity contribution < 1.29 is 14.7 Å². The second-order valence-corrected chi connectivity index (χ2v) is 5.35. The molecule has 0 aliphatic heterocycles. The number of benzene rings is 1. The minimum Gasteiger partial charge on any atom is -0.477 e. The average molecular weight is 271 g/mol. The molecule has 0 aliphatic rings. The number of hydrogen-bond donors (Lipinski definition) is 1. The first-order valence-corrected chi connectivity index (χ1v) is 6.34. The van der Waals surface area contributed by atoms with Crippen molar-refractivity contribution in [2.24, 2.45) is 7.05 Å². The molecule has 1 heterocycles. The predicted octanol–water partition coefficient (Wildman–Crippen LogP) is 2.88. The van der Waals surface area contributed by atoms with E-state index in [1.165, 1.54) is 10.6 Å². The molecule has 104 valence electrons. The number of aromatic carboxylic acids is 1. The lowest BCUT2D eigenvalue weighted by atomic mass is 9.78. The first-order valence-electron chi connectivity index (χ1n) is 6.34. The number of hydrogen-bond acceptors (Lipinski definition) is 2. The monoisotopic (exact) mass is 271 g/mol. The molecule has 1 aromatic carbocycles. The van der Waals surface area contributed by atoms with E-state index in [2.05, 4.69) is 0 Å². The van der Waals surface area contributed by atoms with Crippen LogP contribution in [0.1, 0.15) is 40.3 Å². The van der Waals surface area contributed by atoms with Crippen LogP contribution >= 0.6 is 0 Å². The number of rotatable bonds is 4. The van der Waals surface area contributed by atoms with Gasteiger partial charge in [-0.3, -0.25) is 4.79 Å². The summed E-state index contributed by atoms with van der Waals surface area (Å²) in [5.41, 5.74) is 0.736. The van der Waals surface area contributed by atoms with Crippen LogP contribution in [0, 0.1) is 0 Å². The lowest BCUT2D eigenvalue weighted by Gasteiger charge is -2.23. The van der Waals surface area contributed by atoms with E-state index in [9.17, 15) is 9.59 Å². The van der Waals surface area contributed by atoms with Crippen LogP contribution in [0.4, 0.5) is 0 Å². The molecular formula is C16H17NO3. The Labute approximate surface area is 117 Å². The maximum absolute atomic E-state index is 12.6. The summed E-state index contributed by atoms with van der Waals surface area (Å²) in [5.74, 6) is -1.13. The summed E-state index contributed by atoms with van der Waals surface area (Å²) in [7, 11) is 1.62. The summed E-state index contributed by atoms with van der Waals surface area (Å²) in [4.78, 5) is 23.7. The van der Waals surface area contributed by atoms with E-state index in [0.717, 1.165) is 5.56 Å². The summed E-state index contributed by atoms with van der Waals surface area (Å²) >= 11 is 0. The van der Waals surface area contributed by atoms with Gasteiger partial charge in [0.2, 0.25) is 0 Å². The highest BCUT2D eigenvalue weighted by molar-refractivity contribution is 6.05. The maximum Gasteiger partial charge on any atom is 0.352 e. The third kappa shape index (κ3) is 2.37. The summed E-state index contributed by atoms with van der Waals surface area (Å²) < 4.78 is 1.46. The molecule has 0 unspecified atom stereocenters. The summed E-state index contributed by atoms with van der Waals surface area (Å²) in [5, 5.41) is 9.05. The molecule has 0 radical (unpaired) electrons. The van der Waals surface area contributed by atoms with Crippen LogP contribution in [0.3, 0.4) is 0 Å². The van der Waals surface area contributed by atoms with Gasteiger partial charge in [0.05, 0.1) is 5.41 Å². The summed E-state index contributed by atoms with van der Waals surface area (Å²) in [6.07, 6.45) is 1.57. The normalized spacial score (nSPS) is 11.3. The van der Waals surface area contributed by atoms with Crippen LogP contribution in [-0.2, 0) is 12.5 Å². The number of Topliss-reactive ketones (excluding diaryl/α,β-unsaturated/α-hetero) is 1. The Morgan fingerprint density at radius 1 is 1.15 bits per heavy atom. The molecule has 2 aromatic rings. The van der Waals surface area contributed by atoms with Gasteiger partial charge in [-0.25, -0.2) is 4.79 Å². The topological polar surface area (TPSA) is 59.3 Å². The fourth-order valence-electron chi connectivity index (χ4n) is 2.25. The maximum atomic E-state index is 12.6. The molecule has 0 fully saturated rings.